The predicted molar refractivity (Wildman–Crippen MR) is 116 cm³/mol. The van der Waals surface area contributed by atoms with E-state index in [4.69, 9.17) is 4.74 Å². The molecule has 3 aromatic carbocycles. The quantitative estimate of drug-likeness (QED) is 0.613. The summed E-state index contributed by atoms with van der Waals surface area (Å²) in [5.74, 6) is 2.49. The molecule has 27 heavy (non-hydrogen) atoms. The SMILES string of the molecule is C(=C(/c1ccccc1)N1CCOCC1)/P(c1ccccc1)c1ccccc1. The lowest BCUT2D eigenvalue weighted by Gasteiger charge is -2.32. The molecule has 3 heteroatoms. The van der Waals surface area contributed by atoms with Crippen LogP contribution in [-0.2, 0) is 4.74 Å². The van der Waals surface area contributed by atoms with Crippen molar-refractivity contribution in [1.29, 1.82) is 0 Å². The zero-order chi connectivity index (χ0) is 18.3. The summed E-state index contributed by atoms with van der Waals surface area (Å²) in [6.45, 7) is 3.46. The van der Waals surface area contributed by atoms with Crippen LogP contribution in [0, 0.1) is 0 Å². The second-order valence-electron chi connectivity index (χ2n) is 6.52. The third-order valence-electron chi connectivity index (χ3n) is 4.74. The van der Waals surface area contributed by atoms with Gasteiger partial charge in [0.05, 0.1) is 13.2 Å². The molecule has 0 bridgehead atoms. The highest BCUT2D eigenvalue weighted by Crippen LogP contribution is 2.39. The van der Waals surface area contributed by atoms with Gasteiger partial charge in [0.15, 0.2) is 0 Å². The molecular formula is C24H24NOP. The highest BCUT2D eigenvalue weighted by atomic mass is 31.1. The molecule has 0 amide bonds. The molecule has 0 saturated carbocycles. The van der Waals surface area contributed by atoms with E-state index in [1.54, 1.807) is 0 Å². The molecule has 1 fully saturated rings. The Morgan fingerprint density at radius 1 is 0.704 bits per heavy atom. The number of hydrogen-bond acceptors (Lipinski definition) is 2. The predicted octanol–water partition coefficient (Wildman–Crippen LogP) is 4.45. The van der Waals surface area contributed by atoms with Gasteiger partial charge < -0.3 is 9.64 Å². The van der Waals surface area contributed by atoms with Crippen molar-refractivity contribution in [3.8, 4) is 0 Å². The highest BCUT2D eigenvalue weighted by Gasteiger charge is 2.19. The number of nitrogens with zero attached hydrogens (tertiary/aromatic N) is 1. The fraction of sp³-hybridized carbons (Fsp3) is 0.167. The van der Waals surface area contributed by atoms with Crippen LogP contribution in [0.15, 0.2) is 96.8 Å². The van der Waals surface area contributed by atoms with Gasteiger partial charge in [0.1, 0.15) is 0 Å². The molecule has 0 spiro atoms. The lowest BCUT2D eigenvalue weighted by atomic mass is 10.1. The third-order valence-corrected chi connectivity index (χ3v) is 6.95. The van der Waals surface area contributed by atoms with Gasteiger partial charge in [-0.25, -0.2) is 0 Å². The Morgan fingerprint density at radius 3 is 1.70 bits per heavy atom. The van der Waals surface area contributed by atoms with Crippen LogP contribution in [0.5, 0.6) is 0 Å². The van der Waals surface area contributed by atoms with E-state index in [1.165, 1.54) is 21.9 Å². The van der Waals surface area contributed by atoms with Crippen LogP contribution in [0.2, 0.25) is 0 Å². The number of ether oxygens (including phenoxy) is 1. The Labute approximate surface area is 162 Å². The van der Waals surface area contributed by atoms with Crippen molar-refractivity contribution < 1.29 is 4.74 Å². The molecule has 0 atom stereocenters. The standard InChI is InChI=1S/C24H24NOP/c1-4-10-21(11-5-1)24(25-16-18-26-19-17-25)20-27(22-12-6-2-7-13-22)23-14-8-3-9-15-23/h1-15,20H,16-19H2/b24-20+. The monoisotopic (exact) mass is 373 g/mol. The summed E-state index contributed by atoms with van der Waals surface area (Å²) in [5, 5.41) is 2.75. The first kappa shape index (κ1) is 18.0. The summed E-state index contributed by atoms with van der Waals surface area (Å²) in [6, 6.07) is 32.5. The second kappa shape index (κ2) is 8.99. The minimum absolute atomic E-state index is 0.583. The lowest BCUT2D eigenvalue weighted by Crippen LogP contribution is -2.35. The average Bonchev–Trinajstić information content (AvgIpc) is 2.77. The van der Waals surface area contributed by atoms with Crippen LogP contribution in [0.1, 0.15) is 5.56 Å². The topological polar surface area (TPSA) is 12.5 Å². The molecule has 1 aliphatic rings. The van der Waals surface area contributed by atoms with E-state index in [2.05, 4.69) is 102 Å². The normalized spacial score (nSPS) is 15.1. The number of benzene rings is 3. The summed E-state index contributed by atoms with van der Waals surface area (Å²) in [6.07, 6.45) is 0. The molecule has 1 aliphatic heterocycles. The Bertz CT molecular complexity index is 819. The van der Waals surface area contributed by atoms with E-state index in [0.717, 1.165) is 26.3 Å². The largest absolute Gasteiger partial charge is 0.378 e. The van der Waals surface area contributed by atoms with Gasteiger partial charge in [-0.1, -0.05) is 91.0 Å². The van der Waals surface area contributed by atoms with Gasteiger partial charge in [-0.05, 0) is 29.9 Å². The average molecular weight is 373 g/mol. The molecular weight excluding hydrogens is 349 g/mol. The maximum Gasteiger partial charge on any atom is 0.0642 e. The molecule has 0 aliphatic carbocycles. The minimum atomic E-state index is -0.583. The second-order valence-corrected chi connectivity index (χ2v) is 8.55. The molecule has 1 saturated heterocycles. The Balaban J connectivity index is 1.81. The Hall–Kier alpha value is -2.41. The van der Waals surface area contributed by atoms with Gasteiger partial charge in [0.25, 0.3) is 0 Å². The summed E-state index contributed by atoms with van der Waals surface area (Å²) >= 11 is 0. The molecule has 3 aromatic rings. The molecule has 0 radical (unpaired) electrons. The molecule has 2 nitrogen and oxygen atoms in total. The van der Waals surface area contributed by atoms with Crippen molar-refractivity contribution in [3.63, 3.8) is 0 Å². The summed E-state index contributed by atoms with van der Waals surface area (Å²) in [5.41, 5.74) is 2.59. The minimum Gasteiger partial charge on any atom is -0.378 e. The van der Waals surface area contributed by atoms with E-state index in [9.17, 15) is 0 Å². The van der Waals surface area contributed by atoms with E-state index in [1.807, 2.05) is 0 Å². The Kier molecular flexibility index (Phi) is 5.99. The van der Waals surface area contributed by atoms with E-state index < -0.39 is 7.92 Å². The van der Waals surface area contributed by atoms with Gasteiger partial charge in [-0.3, -0.25) is 0 Å². The molecule has 4 rings (SSSR count). The smallest absolute Gasteiger partial charge is 0.0642 e. The fourth-order valence-corrected chi connectivity index (χ4v) is 5.49. The zero-order valence-corrected chi connectivity index (χ0v) is 16.3. The van der Waals surface area contributed by atoms with Crippen LogP contribution in [0.3, 0.4) is 0 Å². The van der Waals surface area contributed by atoms with Crippen LogP contribution in [-0.4, -0.2) is 31.2 Å². The van der Waals surface area contributed by atoms with Crippen LogP contribution < -0.4 is 10.6 Å². The molecule has 1 heterocycles. The van der Waals surface area contributed by atoms with Crippen molar-refractivity contribution >= 4 is 24.2 Å². The first-order valence-electron chi connectivity index (χ1n) is 9.41. The molecule has 0 N–H and O–H groups in total. The van der Waals surface area contributed by atoms with Crippen LogP contribution in [0.4, 0.5) is 0 Å². The number of hydrogen-bond donors (Lipinski definition) is 0. The van der Waals surface area contributed by atoms with E-state index >= 15 is 0 Å². The first-order valence-corrected chi connectivity index (χ1v) is 10.8. The van der Waals surface area contributed by atoms with Crippen LogP contribution >= 0.6 is 7.92 Å². The van der Waals surface area contributed by atoms with Gasteiger partial charge in [0, 0.05) is 18.8 Å². The van der Waals surface area contributed by atoms with E-state index in [-0.39, 0.29) is 0 Å². The van der Waals surface area contributed by atoms with Crippen molar-refractivity contribution in [2.75, 3.05) is 26.3 Å². The third kappa shape index (κ3) is 4.47. The highest BCUT2D eigenvalue weighted by molar-refractivity contribution is 7.76. The van der Waals surface area contributed by atoms with Crippen molar-refractivity contribution in [3.05, 3.63) is 102 Å². The molecule has 136 valence electrons. The van der Waals surface area contributed by atoms with Gasteiger partial charge >= 0.3 is 0 Å². The van der Waals surface area contributed by atoms with Crippen molar-refractivity contribution in [2.24, 2.45) is 0 Å². The van der Waals surface area contributed by atoms with Gasteiger partial charge in [0.2, 0.25) is 0 Å². The fourth-order valence-electron chi connectivity index (χ4n) is 3.35. The molecule has 0 aromatic heterocycles. The number of rotatable bonds is 5. The van der Waals surface area contributed by atoms with Crippen molar-refractivity contribution in [1.82, 2.24) is 4.90 Å². The van der Waals surface area contributed by atoms with Gasteiger partial charge in [-0.15, -0.1) is 0 Å². The number of morpholine rings is 1. The van der Waals surface area contributed by atoms with E-state index in [0.29, 0.717) is 0 Å². The zero-order valence-electron chi connectivity index (χ0n) is 15.4. The molecule has 0 unspecified atom stereocenters. The summed E-state index contributed by atoms with van der Waals surface area (Å²) in [7, 11) is -0.583. The summed E-state index contributed by atoms with van der Waals surface area (Å²) in [4.78, 5) is 2.47. The summed E-state index contributed by atoms with van der Waals surface area (Å²) < 4.78 is 5.60. The lowest BCUT2D eigenvalue weighted by molar-refractivity contribution is 0.0640. The van der Waals surface area contributed by atoms with Gasteiger partial charge in [-0.2, -0.15) is 0 Å². The van der Waals surface area contributed by atoms with Crippen LogP contribution in [0.25, 0.3) is 5.70 Å². The van der Waals surface area contributed by atoms with Crippen molar-refractivity contribution in [2.45, 2.75) is 0 Å². The maximum absolute atomic E-state index is 5.60. The Morgan fingerprint density at radius 2 is 1.19 bits per heavy atom. The first-order chi connectivity index (χ1) is 13.4. The maximum atomic E-state index is 5.60.